The molecule has 176 valence electrons. The van der Waals surface area contributed by atoms with Crippen LogP contribution in [0.3, 0.4) is 0 Å². The number of nitrogens with zero attached hydrogens (tertiary/aromatic N) is 3. The summed E-state index contributed by atoms with van der Waals surface area (Å²) in [6.07, 6.45) is 0. The number of methoxy groups -OCH3 is 1. The third-order valence-corrected chi connectivity index (χ3v) is 6.20. The third kappa shape index (κ3) is 4.33. The number of benzene rings is 3. The van der Waals surface area contributed by atoms with E-state index < -0.39 is 5.97 Å². The Bertz CT molecular complexity index is 1570. The van der Waals surface area contributed by atoms with Crippen LogP contribution in [0.25, 0.3) is 33.5 Å². The van der Waals surface area contributed by atoms with Gasteiger partial charge in [0.2, 0.25) is 0 Å². The highest BCUT2D eigenvalue weighted by Gasteiger charge is 2.20. The number of para-hydroxylation sites is 1. The summed E-state index contributed by atoms with van der Waals surface area (Å²) >= 11 is 0.973. The average Bonchev–Trinajstić information content (AvgIpc) is 3.47. The van der Waals surface area contributed by atoms with Gasteiger partial charge in [-0.2, -0.15) is 9.97 Å². The number of H-pyrrole nitrogens is 1. The Morgan fingerprint density at radius 3 is 2.46 bits per heavy atom. The molecule has 0 saturated heterocycles. The highest BCUT2D eigenvalue weighted by atomic mass is 32.1. The Hall–Kier alpha value is -4.24. The van der Waals surface area contributed by atoms with Gasteiger partial charge >= 0.3 is 10.8 Å². The van der Waals surface area contributed by atoms with Crippen LogP contribution in [0.15, 0.2) is 71.5 Å². The molecule has 9 heteroatoms. The summed E-state index contributed by atoms with van der Waals surface area (Å²) in [5, 5.41) is 0. The second kappa shape index (κ2) is 9.55. The first-order chi connectivity index (χ1) is 17.1. The predicted octanol–water partition coefficient (Wildman–Crippen LogP) is 4.75. The fraction of sp³-hybridized carbons (Fsp3) is 0.154. The molecule has 0 bridgehead atoms. The molecule has 35 heavy (non-hydrogen) atoms. The first-order valence-electron chi connectivity index (χ1n) is 11.0. The Morgan fingerprint density at radius 1 is 1.00 bits per heavy atom. The number of ether oxygens (including phenoxy) is 2. The van der Waals surface area contributed by atoms with Crippen molar-refractivity contribution >= 4 is 28.5 Å². The van der Waals surface area contributed by atoms with Crippen molar-refractivity contribution in [1.29, 1.82) is 0 Å². The normalized spacial score (nSPS) is 11.0. The largest absolute Gasteiger partial charge is 0.465 e. The zero-order valence-electron chi connectivity index (χ0n) is 19.1. The summed E-state index contributed by atoms with van der Waals surface area (Å²) in [5.74, 6) is 0.132. The van der Waals surface area contributed by atoms with E-state index in [1.54, 1.807) is 12.1 Å². The number of imidazole rings is 1. The molecule has 0 aliphatic rings. The Morgan fingerprint density at radius 2 is 1.77 bits per heavy atom. The van der Waals surface area contributed by atoms with Crippen molar-refractivity contribution in [1.82, 2.24) is 18.9 Å². The molecule has 0 amide bonds. The summed E-state index contributed by atoms with van der Waals surface area (Å²) < 4.78 is 15.7. The van der Waals surface area contributed by atoms with Crippen LogP contribution in [-0.4, -0.2) is 38.6 Å². The predicted molar refractivity (Wildman–Crippen MR) is 135 cm³/mol. The first kappa shape index (κ1) is 22.5. The lowest BCUT2D eigenvalue weighted by Gasteiger charge is -2.12. The van der Waals surface area contributed by atoms with Crippen LogP contribution < -0.4 is 9.61 Å². The molecule has 2 aromatic heterocycles. The van der Waals surface area contributed by atoms with Crippen molar-refractivity contribution in [3.8, 4) is 28.5 Å². The molecule has 3 aromatic carbocycles. The number of rotatable bonds is 7. The number of hydrogen-bond donors (Lipinski definition) is 1. The smallest absolute Gasteiger partial charge is 0.344 e. The number of fused-ring (bicyclic) bond motifs is 1. The van der Waals surface area contributed by atoms with E-state index in [0.29, 0.717) is 41.6 Å². The van der Waals surface area contributed by atoms with Crippen LogP contribution in [0.5, 0.6) is 6.01 Å². The third-order valence-electron chi connectivity index (χ3n) is 5.64. The summed E-state index contributed by atoms with van der Waals surface area (Å²) in [7, 11) is 1.36. The molecule has 5 aromatic rings. The highest BCUT2D eigenvalue weighted by molar-refractivity contribution is 7.03. The Kier molecular flexibility index (Phi) is 6.15. The summed E-state index contributed by atoms with van der Waals surface area (Å²) in [5.41, 5.74) is 5.61. The van der Waals surface area contributed by atoms with Crippen molar-refractivity contribution in [2.24, 2.45) is 0 Å². The molecule has 0 saturated carbocycles. The van der Waals surface area contributed by atoms with Gasteiger partial charge in [-0.3, -0.25) is 13.7 Å². The van der Waals surface area contributed by atoms with Gasteiger partial charge in [0.1, 0.15) is 0 Å². The van der Waals surface area contributed by atoms with Crippen LogP contribution >= 0.6 is 11.5 Å². The lowest BCUT2D eigenvalue weighted by Crippen LogP contribution is -2.09. The van der Waals surface area contributed by atoms with Gasteiger partial charge in [-0.25, -0.2) is 4.79 Å². The molecular formula is C26H22N4O4S. The van der Waals surface area contributed by atoms with Crippen LogP contribution in [-0.2, 0) is 11.3 Å². The van der Waals surface area contributed by atoms with Crippen molar-refractivity contribution in [2.45, 2.75) is 13.5 Å². The maximum absolute atomic E-state index is 12.4. The van der Waals surface area contributed by atoms with Gasteiger partial charge in [-0.15, -0.1) is 0 Å². The Balaban J connectivity index is 1.53. The summed E-state index contributed by atoms with van der Waals surface area (Å²) in [6, 6.07) is 21.7. The lowest BCUT2D eigenvalue weighted by molar-refractivity contribution is 0.0602. The van der Waals surface area contributed by atoms with Crippen LogP contribution in [0, 0.1) is 0 Å². The number of esters is 1. The molecule has 0 radical (unpaired) electrons. The molecule has 0 aliphatic heterocycles. The molecule has 2 heterocycles. The van der Waals surface area contributed by atoms with Crippen LogP contribution in [0.2, 0.25) is 0 Å². The van der Waals surface area contributed by atoms with Crippen molar-refractivity contribution in [2.75, 3.05) is 13.7 Å². The summed E-state index contributed by atoms with van der Waals surface area (Å²) in [4.78, 5) is 32.4. The van der Waals surface area contributed by atoms with E-state index in [1.807, 2.05) is 66.1 Å². The average molecular weight is 487 g/mol. The van der Waals surface area contributed by atoms with Gasteiger partial charge < -0.3 is 9.47 Å². The van der Waals surface area contributed by atoms with Gasteiger partial charge in [0.25, 0.3) is 6.01 Å². The molecule has 0 fully saturated rings. The van der Waals surface area contributed by atoms with E-state index in [-0.39, 0.29) is 4.87 Å². The number of nitrogens with one attached hydrogen (secondary N) is 1. The van der Waals surface area contributed by atoms with Crippen LogP contribution in [0.4, 0.5) is 0 Å². The minimum absolute atomic E-state index is 0.255. The van der Waals surface area contributed by atoms with Gasteiger partial charge in [0, 0.05) is 17.1 Å². The zero-order valence-corrected chi connectivity index (χ0v) is 20.0. The van der Waals surface area contributed by atoms with Crippen molar-refractivity contribution in [3.05, 3.63) is 87.5 Å². The SMILES string of the molecule is CCOc1nc2cccc(C(=O)OC)c2n1Cc1ccc(-c2ccccc2-c2nc(=O)s[nH]2)cc1. The fourth-order valence-corrected chi connectivity index (χ4v) is 4.56. The van der Waals surface area contributed by atoms with E-state index in [4.69, 9.17) is 9.47 Å². The van der Waals surface area contributed by atoms with Crippen molar-refractivity contribution < 1.29 is 14.3 Å². The van der Waals surface area contributed by atoms with E-state index in [2.05, 4.69) is 14.3 Å². The van der Waals surface area contributed by atoms with E-state index in [9.17, 15) is 9.59 Å². The minimum atomic E-state index is -0.424. The second-order valence-electron chi connectivity index (χ2n) is 7.75. The van der Waals surface area contributed by atoms with E-state index >= 15 is 0 Å². The maximum atomic E-state index is 12.4. The molecular weight excluding hydrogens is 464 g/mol. The maximum Gasteiger partial charge on any atom is 0.344 e. The topological polar surface area (TPSA) is 99.1 Å². The number of carbonyl (C=O) groups is 1. The molecule has 0 spiro atoms. The molecule has 0 atom stereocenters. The first-order valence-corrected chi connectivity index (χ1v) is 11.8. The standard InChI is InChI=1S/C26H22N4O4S/c1-3-34-25-27-21-10-6-9-20(24(31)33-2)22(21)30(25)15-16-11-13-17(14-12-16)18-7-4-5-8-19(18)23-28-26(32)35-29-23/h4-14H,3,15H2,1-2H3,(H,28,29,32). The lowest BCUT2D eigenvalue weighted by atomic mass is 9.98. The molecule has 0 unspecified atom stereocenters. The molecule has 5 rings (SSSR count). The van der Waals surface area contributed by atoms with Gasteiger partial charge in [0.15, 0.2) is 5.82 Å². The van der Waals surface area contributed by atoms with Gasteiger partial charge in [0.05, 0.1) is 36.9 Å². The fourth-order valence-electron chi connectivity index (χ4n) is 4.08. The number of aromatic nitrogens is 4. The van der Waals surface area contributed by atoms with E-state index in [1.165, 1.54) is 7.11 Å². The molecule has 0 aliphatic carbocycles. The van der Waals surface area contributed by atoms with Crippen molar-refractivity contribution in [3.63, 3.8) is 0 Å². The molecule has 1 N–H and O–H groups in total. The Labute approximate surface area is 205 Å². The van der Waals surface area contributed by atoms with Gasteiger partial charge in [-0.05, 0) is 35.7 Å². The second-order valence-corrected chi connectivity index (χ2v) is 8.51. The summed E-state index contributed by atoms with van der Waals surface area (Å²) in [6.45, 7) is 2.80. The highest BCUT2D eigenvalue weighted by Crippen LogP contribution is 2.31. The number of hydrogen-bond acceptors (Lipinski definition) is 7. The van der Waals surface area contributed by atoms with Crippen LogP contribution in [0.1, 0.15) is 22.8 Å². The minimum Gasteiger partial charge on any atom is -0.465 e. The molecule has 8 nitrogen and oxygen atoms in total. The van der Waals surface area contributed by atoms with E-state index in [0.717, 1.165) is 33.8 Å². The monoisotopic (exact) mass is 486 g/mol. The quantitative estimate of drug-likeness (QED) is 0.333. The van der Waals surface area contributed by atoms with Gasteiger partial charge in [-0.1, -0.05) is 54.6 Å². The number of carbonyl (C=O) groups excluding carboxylic acids is 1. The number of aromatic amines is 1. The zero-order chi connectivity index (χ0) is 24.4.